The molecule has 1 aliphatic rings. The van der Waals surface area contributed by atoms with Crippen LogP contribution in [-0.2, 0) is 34.3 Å². The highest BCUT2D eigenvalue weighted by Gasteiger charge is 2.31. The van der Waals surface area contributed by atoms with Gasteiger partial charge in [0.1, 0.15) is 42.5 Å². The molecule has 1 aliphatic heterocycles. The van der Waals surface area contributed by atoms with Crippen LogP contribution in [0.1, 0.15) is 79.1 Å². The summed E-state index contributed by atoms with van der Waals surface area (Å²) in [6.07, 6.45) is 4.31. The first kappa shape index (κ1) is 46.1. The van der Waals surface area contributed by atoms with E-state index in [4.69, 9.17) is 40.0 Å². The Balaban J connectivity index is 1.12. The Hall–Kier alpha value is -6.38. The van der Waals surface area contributed by atoms with Gasteiger partial charge < -0.3 is 33.0 Å². The van der Waals surface area contributed by atoms with Gasteiger partial charge in [0.15, 0.2) is 0 Å². The normalized spacial score (nSPS) is 12.4. The second-order valence-electron chi connectivity index (χ2n) is 16.8. The minimum Gasteiger partial charge on any atom is -0.491 e. The Morgan fingerprint density at radius 3 is 2.16 bits per heavy atom. The van der Waals surface area contributed by atoms with Crippen molar-refractivity contribution in [2.24, 2.45) is 7.05 Å². The van der Waals surface area contributed by atoms with Crippen molar-refractivity contribution in [3.05, 3.63) is 125 Å². The van der Waals surface area contributed by atoms with E-state index in [2.05, 4.69) is 16.5 Å². The molecule has 6 rings (SSSR count). The molecular formula is C48H54ClN5O9. The number of rotatable bonds is 16. The molecule has 0 saturated carbocycles. The number of esters is 1. The van der Waals surface area contributed by atoms with Gasteiger partial charge >= 0.3 is 18.1 Å². The fourth-order valence-electron chi connectivity index (χ4n) is 6.75. The highest BCUT2D eigenvalue weighted by atomic mass is 35.5. The van der Waals surface area contributed by atoms with Gasteiger partial charge in [0.05, 0.1) is 49.0 Å². The smallest absolute Gasteiger partial charge is 0.410 e. The summed E-state index contributed by atoms with van der Waals surface area (Å²) in [4.78, 5) is 52.7. The summed E-state index contributed by atoms with van der Waals surface area (Å²) in [6.45, 7) is 18.7. The maximum absolute atomic E-state index is 14.7. The SMILES string of the molecule is C=CCOc1ccc(N(C(=O)c2cc(-c3cc(Cl)ccc3C(=O)OC(C)(C)C)n(C)c2C)c2cnc(OCCOCCOc3cccc4c3CN(C(=O)OC(C)(C)C)C4)nc2)cc1. The highest BCUT2D eigenvalue weighted by Crippen LogP contribution is 2.36. The lowest BCUT2D eigenvalue weighted by Gasteiger charge is -2.24. The summed E-state index contributed by atoms with van der Waals surface area (Å²) in [6, 6.07) is 19.6. The van der Waals surface area contributed by atoms with Gasteiger partial charge in [-0.3, -0.25) is 14.6 Å². The van der Waals surface area contributed by atoms with E-state index < -0.39 is 17.2 Å². The molecule has 14 nitrogen and oxygen atoms in total. The zero-order chi connectivity index (χ0) is 45.5. The lowest BCUT2D eigenvalue weighted by Crippen LogP contribution is -2.33. The Morgan fingerprint density at radius 2 is 1.49 bits per heavy atom. The van der Waals surface area contributed by atoms with E-state index in [1.165, 1.54) is 17.3 Å². The van der Waals surface area contributed by atoms with Crippen molar-refractivity contribution >= 4 is 40.9 Å². The summed E-state index contributed by atoms with van der Waals surface area (Å²) in [7, 11) is 1.82. The van der Waals surface area contributed by atoms with Gasteiger partial charge in [0.25, 0.3) is 5.91 Å². The molecule has 3 heterocycles. The predicted molar refractivity (Wildman–Crippen MR) is 240 cm³/mol. The lowest BCUT2D eigenvalue weighted by molar-refractivity contribution is 0.00695. The van der Waals surface area contributed by atoms with Crippen molar-refractivity contribution in [1.29, 1.82) is 0 Å². The fourth-order valence-corrected chi connectivity index (χ4v) is 6.92. The Morgan fingerprint density at radius 1 is 0.810 bits per heavy atom. The largest absolute Gasteiger partial charge is 0.491 e. The average Bonchev–Trinajstić information content (AvgIpc) is 3.80. The standard InChI is InChI=1S/C48H54ClN5O9/c1-10-20-59-36-17-15-34(16-18-36)54(43(55)38-26-41(52(9)31(38)2)39-25-33(49)14-19-37(39)44(56)62-47(3,4)5)35-27-50-45(51-28-35)61-24-22-58-21-23-60-42-13-11-12-32-29-53(30-40(32)42)46(57)63-48(6,7)8/h10-19,25-28H,1,20-24,29-30H2,2-9H3. The quantitative estimate of drug-likeness (QED) is 0.0531. The van der Waals surface area contributed by atoms with E-state index in [-0.39, 0.29) is 31.2 Å². The van der Waals surface area contributed by atoms with Crippen molar-refractivity contribution in [2.45, 2.75) is 72.8 Å². The molecule has 0 saturated heterocycles. The number of carbonyl (C=O) groups is 3. The number of ether oxygens (including phenoxy) is 6. The summed E-state index contributed by atoms with van der Waals surface area (Å²) in [5, 5.41) is 0.422. The highest BCUT2D eigenvalue weighted by molar-refractivity contribution is 6.31. The monoisotopic (exact) mass is 879 g/mol. The molecule has 0 spiro atoms. The summed E-state index contributed by atoms with van der Waals surface area (Å²) < 4.78 is 36.3. The molecule has 0 N–H and O–H groups in total. The van der Waals surface area contributed by atoms with Gasteiger partial charge in [-0.25, -0.2) is 19.6 Å². The second kappa shape index (κ2) is 19.8. The van der Waals surface area contributed by atoms with Crippen LogP contribution in [0.25, 0.3) is 11.3 Å². The first-order chi connectivity index (χ1) is 29.9. The van der Waals surface area contributed by atoms with Crippen LogP contribution in [0.15, 0.2) is 91.8 Å². The van der Waals surface area contributed by atoms with Crippen LogP contribution in [-0.4, -0.2) is 81.6 Å². The minimum absolute atomic E-state index is 0.0994. The number of aromatic nitrogens is 3. The molecule has 3 aromatic carbocycles. The molecule has 2 amide bonds. The molecule has 0 bridgehead atoms. The zero-order valence-corrected chi connectivity index (χ0v) is 37.8. The molecule has 63 heavy (non-hydrogen) atoms. The lowest BCUT2D eigenvalue weighted by atomic mass is 10.0. The van der Waals surface area contributed by atoms with Crippen molar-refractivity contribution in [3.8, 4) is 28.8 Å². The van der Waals surface area contributed by atoms with E-state index in [0.717, 1.165) is 11.1 Å². The minimum atomic E-state index is -0.723. The van der Waals surface area contributed by atoms with Crippen molar-refractivity contribution < 1.29 is 42.8 Å². The molecule has 15 heteroatoms. The molecule has 5 aromatic rings. The number of fused-ring (bicyclic) bond motifs is 1. The zero-order valence-electron chi connectivity index (χ0n) is 37.0. The molecule has 0 aliphatic carbocycles. The van der Waals surface area contributed by atoms with E-state index in [0.29, 0.717) is 88.9 Å². The molecule has 0 atom stereocenters. The third-order valence-corrected chi connectivity index (χ3v) is 9.95. The number of nitrogens with zero attached hydrogens (tertiary/aromatic N) is 5. The van der Waals surface area contributed by atoms with Crippen LogP contribution in [0.4, 0.5) is 16.2 Å². The average molecular weight is 880 g/mol. The number of anilines is 2. The van der Waals surface area contributed by atoms with Gasteiger partial charge in [-0.15, -0.1) is 0 Å². The molecule has 0 radical (unpaired) electrons. The predicted octanol–water partition coefficient (Wildman–Crippen LogP) is 9.67. The number of hydrogen-bond acceptors (Lipinski definition) is 11. The Kier molecular flexibility index (Phi) is 14.5. The van der Waals surface area contributed by atoms with Crippen LogP contribution < -0.4 is 19.1 Å². The van der Waals surface area contributed by atoms with Crippen molar-refractivity contribution in [3.63, 3.8) is 0 Å². The molecule has 2 aromatic heterocycles. The maximum atomic E-state index is 14.7. The summed E-state index contributed by atoms with van der Waals surface area (Å²) in [5.74, 6) is 0.419. The van der Waals surface area contributed by atoms with Gasteiger partial charge in [-0.1, -0.05) is 36.4 Å². The number of amides is 2. The van der Waals surface area contributed by atoms with E-state index in [1.54, 1.807) is 80.3 Å². The van der Waals surface area contributed by atoms with Crippen molar-refractivity contribution in [1.82, 2.24) is 19.4 Å². The van der Waals surface area contributed by atoms with Gasteiger partial charge in [-0.2, -0.15) is 0 Å². The number of benzene rings is 3. The van der Waals surface area contributed by atoms with Crippen LogP contribution in [0.3, 0.4) is 0 Å². The number of carbonyl (C=O) groups excluding carboxylic acids is 3. The molecule has 0 unspecified atom stereocenters. The van der Waals surface area contributed by atoms with E-state index in [9.17, 15) is 14.4 Å². The molecule has 332 valence electrons. The topological polar surface area (TPSA) is 144 Å². The van der Waals surface area contributed by atoms with Crippen LogP contribution >= 0.6 is 11.6 Å². The Labute approximate surface area is 373 Å². The molecular weight excluding hydrogens is 826 g/mol. The van der Waals surface area contributed by atoms with Gasteiger partial charge in [-0.05, 0) is 109 Å². The van der Waals surface area contributed by atoms with Crippen LogP contribution in [0.2, 0.25) is 5.02 Å². The number of halogens is 1. The van der Waals surface area contributed by atoms with Crippen molar-refractivity contribution in [2.75, 3.05) is 37.9 Å². The van der Waals surface area contributed by atoms with Gasteiger partial charge in [0.2, 0.25) is 0 Å². The van der Waals surface area contributed by atoms with E-state index in [1.807, 2.05) is 57.5 Å². The first-order valence-electron chi connectivity index (χ1n) is 20.5. The third-order valence-electron chi connectivity index (χ3n) is 9.72. The Bertz CT molecular complexity index is 2440. The van der Waals surface area contributed by atoms with E-state index >= 15 is 0 Å². The van der Waals surface area contributed by atoms with Gasteiger partial charge in [0, 0.05) is 46.8 Å². The summed E-state index contributed by atoms with van der Waals surface area (Å²) >= 11 is 6.45. The first-order valence-corrected chi connectivity index (χ1v) is 20.9. The third kappa shape index (κ3) is 11.8. The maximum Gasteiger partial charge on any atom is 0.410 e. The number of hydrogen-bond donors (Lipinski definition) is 0. The fraction of sp³-hybridized carbons (Fsp3) is 0.354. The van der Waals surface area contributed by atoms with Crippen LogP contribution in [0, 0.1) is 6.92 Å². The summed E-state index contributed by atoms with van der Waals surface area (Å²) in [5.41, 5.74) is 4.02. The second-order valence-corrected chi connectivity index (χ2v) is 17.2. The molecule has 0 fully saturated rings. The van der Waals surface area contributed by atoms with Crippen LogP contribution in [0.5, 0.6) is 17.5 Å².